The first-order valence-electron chi connectivity index (χ1n) is 10.4. The average Bonchev–Trinajstić information content (AvgIpc) is 3.15. The Morgan fingerprint density at radius 2 is 1.81 bits per heavy atom. The van der Waals surface area contributed by atoms with Gasteiger partial charge in [-0.1, -0.05) is 11.6 Å². The Hall–Kier alpha value is -3.77. The van der Waals surface area contributed by atoms with Crippen LogP contribution < -0.4 is 20.7 Å². The Bertz CT molecular complexity index is 1180. The Morgan fingerprint density at radius 1 is 1.19 bits per heavy atom. The lowest BCUT2D eigenvalue weighted by molar-refractivity contribution is -0.192. The summed E-state index contributed by atoms with van der Waals surface area (Å²) in [4.78, 5) is 23.5. The molecule has 0 bridgehead atoms. The summed E-state index contributed by atoms with van der Waals surface area (Å²) in [5, 5.41) is 14.7. The summed E-state index contributed by atoms with van der Waals surface area (Å²) in [6.07, 6.45) is -3.51. The zero-order chi connectivity index (χ0) is 27.0. The molecule has 0 fully saturated rings. The molecular formula is C23H25ClF3N5O4. The smallest absolute Gasteiger partial charge is 0.490 e. The number of benzene rings is 2. The first-order chi connectivity index (χ1) is 16.8. The van der Waals surface area contributed by atoms with Crippen LogP contribution in [0.25, 0.3) is 11.3 Å². The van der Waals surface area contributed by atoms with Gasteiger partial charge >= 0.3 is 12.1 Å². The summed E-state index contributed by atoms with van der Waals surface area (Å²) in [5.41, 5.74) is 9.21. The van der Waals surface area contributed by atoms with E-state index in [4.69, 9.17) is 32.0 Å². The number of nitrogens with zero attached hydrogens (tertiary/aromatic N) is 3. The van der Waals surface area contributed by atoms with E-state index in [1.807, 2.05) is 37.2 Å². The molecule has 1 aromatic heterocycles. The maximum atomic E-state index is 12.7. The van der Waals surface area contributed by atoms with Gasteiger partial charge in [0.15, 0.2) is 0 Å². The van der Waals surface area contributed by atoms with E-state index < -0.39 is 12.1 Å². The summed E-state index contributed by atoms with van der Waals surface area (Å²) in [5.74, 6) is -2.34. The van der Waals surface area contributed by atoms with Crippen LogP contribution in [0, 0.1) is 0 Å². The number of anilines is 2. The molecule has 4 N–H and O–H groups in total. The minimum Gasteiger partial charge on any atom is -0.492 e. The highest BCUT2D eigenvalue weighted by molar-refractivity contribution is 6.33. The molecule has 0 spiro atoms. The molecule has 0 aliphatic rings. The fourth-order valence-corrected chi connectivity index (χ4v) is 3.18. The quantitative estimate of drug-likeness (QED) is 0.424. The van der Waals surface area contributed by atoms with E-state index in [-0.39, 0.29) is 5.91 Å². The normalized spacial score (nSPS) is 10.8. The topological polar surface area (TPSA) is 123 Å². The van der Waals surface area contributed by atoms with Crippen molar-refractivity contribution in [3.05, 3.63) is 59.2 Å². The minimum absolute atomic E-state index is 0.201. The van der Waals surface area contributed by atoms with Crippen molar-refractivity contribution in [2.45, 2.75) is 6.18 Å². The molecule has 0 saturated heterocycles. The van der Waals surface area contributed by atoms with Crippen LogP contribution in [-0.4, -0.2) is 60.2 Å². The summed E-state index contributed by atoms with van der Waals surface area (Å²) in [7, 11) is 5.70. The Labute approximate surface area is 210 Å². The zero-order valence-corrected chi connectivity index (χ0v) is 20.4. The third-order valence-corrected chi connectivity index (χ3v) is 4.93. The van der Waals surface area contributed by atoms with Gasteiger partial charge in [0.25, 0.3) is 5.91 Å². The first-order valence-corrected chi connectivity index (χ1v) is 10.8. The van der Waals surface area contributed by atoms with Crippen molar-refractivity contribution in [2.75, 3.05) is 37.5 Å². The number of hydrogen-bond donors (Lipinski definition) is 3. The van der Waals surface area contributed by atoms with Gasteiger partial charge in [-0.15, -0.1) is 0 Å². The second-order valence-electron chi connectivity index (χ2n) is 7.51. The average molecular weight is 528 g/mol. The number of hydrogen-bond acceptors (Lipinski definition) is 6. The van der Waals surface area contributed by atoms with Gasteiger partial charge in [-0.3, -0.25) is 9.48 Å². The van der Waals surface area contributed by atoms with Crippen LogP contribution in [0.1, 0.15) is 10.4 Å². The van der Waals surface area contributed by atoms with E-state index in [9.17, 15) is 18.0 Å². The van der Waals surface area contributed by atoms with Crippen LogP contribution in [0.2, 0.25) is 5.02 Å². The largest absolute Gasteiger partial charge is 0.492 e. The van der Waals surface area contributed by atoms with E-state index in [1.54, 1.807) is 42.2 Å². The lowest BCUT2D eigenvalue weighted by atomic mass is 10.1. The van der Waals surface area contributed by atoms with E-state index in [0.29, 0.717) is 40.9 Å². The zero-order valence-electron chi connectivity index (χ0n) is 19.6. The Balaban J connectivity index is 0.000000572. The molecule has 194 valence electrons. The number of rotatable bonds is 7. The molecule has 3 rings (SSSR count). The molecule has 0 aliphatic carbocycles. The van der Waals surface area contributed by atoms with Gasteiger partial charge in [-0.25, -0.2) is 4.79 Å². The number of nitrogens with one attached hydrogen (secondary N) is 1. The van der Waals surface area contributed by atoms with E-state index in [2.05, 4.69) is 10.4 Å². The predicted molar refractivity (Wildman–Crippen MR) is 131 cm³/mol. The Kier molecular flexibility index (Phi) is 9.70. The number of amides is 1. The third-order valence-electron chi connectivity index (χ3n) is 4.65. The number of aliphatic carboxylic acids is 1. The van der Waals surface area contributed by atoms with Crippen LogP contribution in [0.3, 0.4) is 0 Å². The van der Waals surface area contributed by atoms with Gasteiger partial charge in [-0.2, -0.15) is 18.3 Å². The molecule has 0 atom stereocenters. The maximum absolute atomic E-state index is 12.7. The number of ether oxygens (including phenoxy) is 1. The van der Waals surface area contributed by atoms with Crippen molar-refractivity contribution in [3.63, 3.8) is 0 Å². The van der Waals surface area contributed by atoms with E-state index >= 15 is 0 Å². The number of alkyl halides is 3. The minimum atomic E-state index is -5.08. The number of carbonyl (C=O) groups is 2. The van der Waals surface area contributed by atoms with Crippen molar-refractivity contribution in [1.29, 1.82) is 0 Å². The summed E-state index contributed by atoms with van der Waals surface area (Å²) >= 11 is 6.33. The van der Waals surface area contributed by atoms with Crippen LogP contribution in [0.5, 0.6) is 5.75 Å². The van der Waals surface area contributed by atoms with E-state index in [0.717, 1.165) is 11.3 Å². The van der Waals surface area contributed by atoms with Crippen LogP contribution >= 0.6 is 11.6 Å². The monoisotopic (exact) mass is 527 g/mol. The molecule has 3 aromatic rings. The molecule has 13 heteroatoms. The first kappa shape index (κ1) is 28.5. The molecule has 36 heavy (non-hydrogen) atoms. The maximum Gasteiger partial charge on any atom is 0.490 e. The van der Waals surface area contributed by atoms with Crippen LogP contribution in [0.15, 0.2) is 48.7 Å². The van der Waals surface area contributed by atoms with Crippen molar-refractivity contribution in [2.24, 2.45) is 12.8 Å². The highest BCUT2D eigenvalue weighted by atomic mass is 35.5. The fraction of sp³-hybridized carbons (Fsp3) is 0.261. The standard InChI is InChI=1S/C21H24ClN5O2.C2HF3O2/c1-26(2)16-7-4-14(5-8-16)21(28)25-15-6-9-19(29-11-10-23)17(12-15)20-18(22)13-24-27(20)3;3-2(4,5)1(6)7/h4-9,12-13H,10-11,23H2,1-3H3,(H,25,28);(H,6,7). The highest BCUT2D eigenvalue weighted by Gasteiger charge is 2.38. The van der Waals surface area contributed by atoms with Crippen molar-refractivity contribution >= 4 is 34.9 Å². The summed E-state index contributed by atoms with van der Waals surface area (Å²) < 4.78 is 39.2. The van der Waals surface area contributed by atoms with E-state index in [1.165, 1.54) is 0 Å². The van der Waals surface area contributed by atoms with Crippen molar-refractivity contribution < 1.29 is 32.6 Å². The molecular weight excluding hydrogens is 503 g/mol. The van der Waals surface area contributed by atoms with Gasteiger partial charge in [0.2, 0.25) is 0 Å². The SMILES string of the molecule is CN(C)c1ccc(C(=O)Nc2ccc(OCCN)c(-c3c(Cl)cnn3C)c2)cc1.O=C(O)C(F)(F)F. The van der Waals surface area contributed by atoms with Gasteiger partial charge in [0.1, 0.15) is 12.4 Å². The second-order valence-corrected chi connectivity index (χ2v) is 7.92. The molecule has 1 heterocycles. The van der Waals surface area contributed by atoms with Gasteiger partial charge in [0, 0.05) is 50.2 Å². The number of carboxylic acids is 1. The number of carboxylic acid groups (broad SMARTS) is 1. The third kappa shape index (κ3) is 7.62. The fourth-order valence-electron chi connectivity index (χ4n) is 2.92. The molecule has 0 saturated carbocycles. The number of nitrogens with two attached hydrogens (primary N) is 1. The number of halogens is 4. The number of carbonyl (C=O) groups excluding carboxylic acids is 1. The van der Waals surface area contributed by atoms with Crippen LogP contribution in [-0.2, 0) is 11.8 Å². The molecule has 1 amide bonds. The second kappa shape index (κ2) is 12.3. The predicted octanol–water partition coefficient (Wildman–Crippen LogP) is 4.03. The van der Waals surface area contributed by atoms with Gasteiger partial charge in [0.05, 0.1) is 16.9 Å². The summed E-state index contributed by atoms with van der Waals surface area (Å²) in [6.45, 7) is 0.756. The van der Waals surface area contributed by atoms with Crippen LogP contribution in [0.4, 0.5) is 24.5 Å². The molecule has 2 aromatic carbocycles. The van der Waals surface area contributed by atoms with Crippen molar-refractivity contribution in [1.82, 2.24) is 9.78 Å². The molecule has 9 nitrogen and oxygen atoms in total. The van der Waals surface area contributed by atoms with Crippen molar-refractivity contribution in [3.8, 4) is 17.0 Å². The number of aryl methyl sites for hydroxylation is 1. The number of aromatic nitrogens is 2. The Morgan fingerprint density at radius 3 is 2.28 bits per heavy atom. The summed E-state index contributed by atoms with van der Waals surface area (Å²) in [6, 6.07) is 12.8. The lowest BCUT2D eigenvalue weighted by Gasteiger charge is -2.15. The molecule has 0 unspecified atom stereocenters. The molecule has 0 aliphatic heterocycles. The highest BCUT2D eigenvalue weighted by Crippen LogP contribution is 2.36. The molecule has 0 radical (unpaired) electrons. The van der Waals surface area contributed by atoms with Gasteiger partial charge in [-0.05, 0) is 42.5 Å². The lowest BCUT2D eigenvalue weighted by Crippen LogP contribution is -2.21. The van der Waals surface area contributed by atoms with Gasteiger partial charge < -0.3 is 25.8 Å².